The molecule has 1 atom stereocenters. The summed E-state index contributed by atoms with van der Waals surface area (Å²) in [6, 6.07) is 8.05. The number of aromatic amines is 1. The quantitative estimate of drug-likeness (QED) is 0.514. The van der Waals surface area contributed by atoms with Crippen molar-refractivity contribution >= 4 is 21.6 Å². The van der Waals surface area contributed by atoms with Crippen LogP contribution in [0.3, 0.4) is 0 Å². The summed E-state index contributed by atoms with van der Waals surface area (Å²) in [6.07, 6.45) is 3.25. The van der Waals surface area contributed by atoms with Crippen molar-refractivity contribution in [2.45, 2.75) is 51.7 Å². The van der Waals surface area contributed by atoms with Gasteiger partial charge in [-0.2, -0.15) is 0 Å². The van der Waals surface area contributed by atoms with Crippen LogP contribution in [0.4, 0.5) is 0 Å². The third-order valence-corrected chi connectivity index (χ3v) is 6.66. The largest absolute Gasteiger partial charge is 0.508 e. The fourth-order valence-corrected chi connectivity index (χ4v) is 5.16. The van der Waals surface area contributed by atoms with Crippen molar-refractivity contribution in [2.24, 2.45) is 0 Å². The van der Waals surface area contributed by atoms with Crippen LogP contribution >= 0.6 is 11.3 Å². The van der Waals surface area contributed by atoms with E-state index in [-0.39, 0.29) is 10.6 Å². The average Bonchev–Trinajstić information content (AvgIpc) is 3.25. The van der Waals surface area contributed by atoms with Crippen molar-refractivity contribution in [3.63, 3.8) is 0 Å². The van der Waals surface area contributed by atoms with Gasteiger partial charge in [0.2, 0.25) is 0 Å². The van der Waals surface area contributed by atoms with Gasteiger partial charge in [0, 0.05) is 24.2 Å². The molecule has 1 aliphatic rings. The molecule has 2 aromatic carbocycles. The first kappa shape index (κ1) is 19.2. The molecular weight excluding hydrogens is 372 g/mol. The summed E-state index contributed by atoms with van der Waals surface area (Å²) in [5.74, 6) is 0.0445. The lowest BCUT2D eigenvalue weighted by Crippen LogP contribution is -2.33. The van der Waals surface area contributed by atoms with Crippen LogP contribution in [0.25, 0.3) is 10.2 Å². The molecule has 0 radical (unpaired) electrons. The molecule has 0 bridgehead atoms. The van der Waals surface area contributed by atoms with E-state index in [1.807, 2.05) is 0 Å². The fourth-order valence-electron chi connectivity index (χ4n) is 4.28. The standard InChI is InChI=1S/C22H26N2O3S/c1-3-12-5-14-7-16(8-15(14)6-13(12)4-2)23-11-20(26)18-9-17(25)10-19-21(18)28-22(27)24-19/h5-6,9-10,16,20,23,25-26H,3-4,7-8,11H2,1-2H3,(H,24,27). The summed E-state index contributed by atoms with van der Waals surface area (Å²) in [5, 5.41) is 24.1. The van der Waals surface area contributed by atoms with Gasteiger partial charge < -0.3 is 20.5 Å². The first-order chi connectivity index (χ1) is 13.5. The maximum atomic E-state index is 11.7. The van der Waals surface area contributed by atoms with Gasteiger partial charge in [-0.05, 0) is 54.0 Å². The van der Waals surface area contributed by atoms with E-state index in [0.717, 1.165) is 37.0 Å². The lowest BCUT2D eigenvalue weighted by atomic mass is 9.97. The number of aromatic nitrogens is 1. The van der Waals surface area contributed by atoms with Crippen molar-refractivity contribution in [2.75, 3.05) is 6.54 Å². The second kappa shape index (κ2) is 7.70. The van der Waals surface area contributed by atoms with E-state index in [2.05, 4.69) is 36.3 Å². The van der Waals surface area contributed by atoms with Crippen molar-refractivity contribution in [3.8, 4) is 5.75 Å². The first-order valence-electron chi connectivity index (χ1n) is 9.89. The van der Waals surface area contributed by atoms with Crippen molar-refractivity contribution in [3.05, 3.63) is 61.8 Å². The summed E-state index contributed by atoms with van der Waals surface area (Å²) >= 11 is 1.06. The van der Waals surface area contributed by atoms with E-state index < -0.39 is 6.10 Å². The highest BCUT2D eigenvalue weighted by Crippen LogP contribution is 2.31. The number of aliphatic hydroxyl groups excluding tert-OH is 1. The van der Waals surface area contributed by atoms with Gasteiger partial charge in [0.25, 0.3) is 0 Å². The number of phenolic OH excluding ortho intramolecular Hbond substituents is 1. The number of H-pyrrole nitrogens is 1. The molecule has 0 saturated heterocycles. The van der Waals surface area contributed by atoms with Crippen LogP contribution in [0.1, 0.15) is 47.8 Å². The van der Waals surface area contributed by atoms with Crippen LogP contribution in [0.2, 0.25) is 0 Å². The van der Waals surface area contributed by atoms with Crippen LogP contribution < -0.4 is 10.2 Å². The van der Waals surface area contributed by atoms with E-state index in [9.17, 15) is 15.0 Å². The predicted molar refractivity (Wildman–Crippen MR) is 113 cm³/mol. The number of phenols is 1. The SMILES string of the molecule is CCc1cc2c(cc1CC)CC(NCC(O)c1cc(O)cc3[nH]c(=O)sc13)C2. The van der Waals surface area contributed by atoms with Gasteiger partial charge >= 0.3 is 4.87 Å². The average molecular weight is 399 g/mol. The third-order valence-electron chi connectivity index (χ3n) is 5.71. The maximum Gasteiger partial charge on any atom is 0.305 e. The highest BCUT2D eigenvalue weighted by atomic mass is 32.1. The fraction of sp³-hybridized carbons (Fsp3) is 0.409. The zero-order valence-corrected chi connectivity index (χ0v) is 17.0. The molecule has 0 saturated carbocycles. The van der Waals surface area contributed by atoms with Crippen LogP contribution in [-0.4, -0.2) is 27.8 Å². The van der Waals surface area contributed by atoms with Gasteiger partial charge in [0.1, 0.15) is 5.75 Å². The van der Waals surface area contributed by atoms with Crippen LogP contribution in [0.5, 0.6) is 5.75 Å². The smallest absolute Gasteiger partial charge is 0.305 e. The Morgan fingerprint density at radius 3 is 2.39 bits per heavy atom. The summed E-state index contributed by atoms with van der Waals surface area (Å²) < 4.78 is 0.701. The molecule has 4 rings (SSSR count). The topological polar surface area (TPSA) is 85.3 Å². The number of hydrogen-bond acceptors (Lipinski definition) is 5. The number of benzene rings is 2. The summed E-state index contributed by atoms with van der Waals surface area (Å²) in [4.78, 5) is 14.2. The second-order valence-electron chi connectivity index (χ2n) is 7.55. The van der Waals surface area contributed by atoms with E-state index in [1.54, 1.807) is 6.07 Å². The van der Waals surface area contributed by atoms with Crippen molar-refractivity contribution in [1.82, 2.24) is 10.3 Å². The van der Waals surface area contributed by atoms with Gasteiger partial charge in [-0.1, -0.05) is 37.3 Å². The highest BCUT2D eigenvalue weighted by molar-refractivity contribution is 7.16. The monoisotopic (exact) mass is 398 g/mol. The Kier molecular flexibility index (Phi) is 5.27. The Hall–Kier alpha value is -2.15. The molecule has 1 aliphatic carbocycles. The number of aryl methyl sites for hydroxylation is 2. The molecule has 1 unspecified atom stereocenters. The van der Waals surface area contributed by atoms with Gasteiger partial charge in [0.05, 0.1) is 16.3 Å². The van der Waals surface area contributed by atoms with Gasteiger partial charge in [0.15, 0.2) is 0 Å². The van der Waals surface area contributed by atoms with Gasteiger partial charge in [-0.3, -0.25) is 4.79 Å². The second-order valence-corrected chi connectivity index (χ2v) is 8.54. The molecule has 1 aromatic heterocycles. The number of aromatic hydroxyl groups is 1. The van der Waals surface area contributed by atoms with Crippen molar-refractivity contribution in [1.29, 1.82) is 0 Å². The predicted octanol–water partition coefficient (Wildman–Crippen LogP) is 3.21. The zero-order chi connectivity index (χ0) is 19.8. The van der Waals surface area contributed by atoms with Crippen molar-refractivity contribution < 1.29 is 10.2 Å². The molecule has 5 nitrogen and oxygen atoms in total. The molecule has 1 heterocycles. The molecule has 148 valence electrons. The van der Waals surface area contributed by atoms with Crippen LogP contribution in [0, 0.1) is 0 Å². The van der Waals surface area contributed by atoms with E-state index in [0.29, 0.717) is 28.4 Å². The molecule has 4 N–H and O–H groups in total. The molecule has 28 heavy (non-hydrogen) atoms. The number of fused-ring (bicyclic) bond motifs is 2. The van der Waals surface area contributed by atoms with E-state index >= 15 is 0 Å². The number of nitrogens with one attached hydrogen (secondary N) is 2. The summed E-state index contributed by atoms with van der Waals surface area (Å²) in [5.41, 5.74) is 6.84. The minimum Gasteiger partial charge on any atom is -0.508 e. The van der Waals surface area contributed by atoms with E-state index in [1.165, 1.54) is 28.3 Å². The highest BCUT2D eigenvalue weighted by Gasteiger charge is 2.24. The molecular formula is C22H26N2O3S. The lowest BCUT2D eigenvalue weighted by molar-refractivity contribution is 0.171. The zero-order valence-electron chi connectivity index (χ0n) is 16.2. The molecule has 0 fully saturated rings. The lowest BCUT2D eigenvalue weighted by Gasteiger charge is -2.17. The Balaban J connectivity index is 1.47. The van der Waals surface area contributed by atoms with Crippen LogP contribution in [-0.2, 0) is 25.7 Å². The number of rotatable bonds is 6. The summed E-state index contributed by atoms with van der Waals surface area (Å²) in [6.45, 7) is 4.78. The Morgan fingerprint density at radius 2 is 1.79 bits per heavy atom. The first-order valence-corrected chi connectivity index (χ1v) is 10.7. The normalized spacial score (nSPS) is 15.2. The third kappa shape index (κ3) is 3.60. The number of hydrogen-bond donors (Lipinski definition) is 4. The van der Waals surface area contributed by atoms with E-state index in [4.69, 9.17) is 0 Å². The molecule has 0 aliphatic heterocycles. The molecule has 0 amide bonds. The van der Waals surface area contributed by atoms with Gasteiger partial charge in [-0.25, -0.2) is 0 Å². The Labute approximate surface area is 168 Å². The molecule has 6 heteroatoms. The Morgan fingerprint density at radius 1 is 1.14 bits per heavy atom. The number of thiazole rings is 1. The molecule has 0 spiro atoms. The summed E-state index contributed by atoms with van der Waals surface area (Å²) in [7, 11) is 0. The maximum absolute atomic E-state index is 11.7. The number of aliphatic hydroxyl groups is 1. The molecule has 3 aromatic rings. The van der Waals surface area contributed by atoms with Gasteiger partial charge in [-0.15, -0.1) is 0 Å². The Bertz CT molecular complexity index is 1040. The van der Waals surface area contributed by atoms with Crippen LogP contribution in [0.15, 0.2) is 29.1 Å². The minimum atomic E-state index is -0.790. The minimum absolute atomic E-state index is 0.0445.